The van der Waals surface area contributed by atoms with E-state index in [9.17, 15) is 9.59 Å². The number of hydrogen-bond donors (Lipinski definition) is 1. The number of imidazole rings is 1. The first kappa shape index (κ1) is 27.9. The summed E-state index contributed by atoms with van der Waals surface area (Å²) in [5.41, 5.74) is 8.03. The smallest absolute Gasteiger partial charge is 0.241 e. The first-order chi connectivity index (χ1) is 13.4. The lowest BCUT2D eigenvalue weighted by Gasteiger charge is -2.26. The number of rotatable bonds is 10. The summed E-state index contributed by atoms with van der Waals surface area (Å²) in [6, 6.07) is 9.28. The van der Waals surface area contributed by atoms with Gasteiger partial charge >= 0.3 is 0 Å². The minimum absolute atomic E-state index is 0. The van der Waals surface area contributed by atoms with Crippen LogP contribution < -0.4 is 5.73 Å². The van der Waals surface area contributed by atoms with E-state index in [0.717, 1.165) is 5.69 Å². The Morgan fingerprint density at radius 1 is 1.20 bits per heavy atom. The van der Waals surface area contributed by atoms with Gasteiger partial charge in [-0.25, -0.2) is 4.98 Å². The lowest BCUT2D eigenvalue weighted by Crippen LogP contribution is -2.49. The summed E-state index contributed by atoms with van der Waals surface area (Å²) in [5, 5.41) is 0. The Morgan fingerprint density at radius 2 is 1.87 bits per heavy atom. The van der Waals surface area contributed by atoms with Gasteiger partial charge in [-0.15, -0.1) is 24.8 Å². The van der Waals surface area contributed by atoms with Crippen LogP contribution in [0.3, 0.4) is 0 Å². The van der Waals surface area contributed by atoms with Crippen LogP contribution in [0.1, 0.15) is 11.3 Å². The number of nitrogens with two attached hydrogens (primary N) is 1. The Morgan fingerprint density at radius 3 is 2.47 bits per heavy atom. The van der Waals surface area contributed by atoms with Crippen LogP contribution in [0.4, 0.5) is 0 Å². The van der Waals surface area contributed by atoms with E-state index in [1.807, 2.05) is 41.1 Å². The van der Waals surface area contributed by atoms with Crippen LogP contribution in [0.5, 0.6) is 0 Å². The molecule has 168 valence electrons. The Labute approximate surface area is 190 Å². The van der Waals surface area contributed by atoms with E-state index in [4.69, 9.17) is 10.5 Å². The maximum atomic E-state index is 12.7. The number of benzene rings is 1. The van der Waals surface area contributed by atoms with Gasteiger partial charge in [-0.2, -0.15) is 0 Å². The molecule has 0 radical (unpaired) electrons. The third-order valence-electron chi connectivity index (χ3n) is 4.34. The standard InChI is InChI=1S/C20H29N5O3.2ClH/c1-23(2)19(26)14-25(9-10-28-3)20(27)18(21)11-17-13-24(15-22-17)12-16-7-5-4-6-8-16;;/h4-8,13,15,18H,9-12,14,21H2,1-3H3;2*1H/t18-;;/m0../s1. The van der Waals surface area contributed by atoms with Gasteiger partial charge in [0.05, 0.1) is 31.2 Å². The van der Waals surface area contributed by atoms with Crippen LogP contribution in [0.2, 0.25) is 0 Å². The maximum Gasteiger partial charge on any atom is 0.241 e. The summed E-state index contributed by atoms with van der Waals surface area (Å²) in [5.74, 6) is -0.450. The summed E-state index contributed by atoms with van der Waals surface area (Å²) >= 11 is 0. The van der Waals surface area contributed by atoms with Gasteiger partial charge in [0, 0.05) is 46.9 Å². The van der Waals surface area contributed by atoms with Gasteiger partial charge in [-0.05, 0) is 5.56 Å². The zero-order valence-corrected chi connectivity index (χ0v) is 19.2. The largest absolute Gasteiger partial charge is 0.383 e. The minimum atomic E-state index is -0.771. The van der Waals surface area contributed by atoms with E-state index in [1.165, 1.54) is 15.4 Å². The van der Waals surface area contributed by atoms with Crippen molar-refractivity contribution >= 4 is 36.6 Å². The number of aromatic nitrogens is 2. The van der Waals surface area contributed by atoms with Crippen molar-refractivity contribution in [2.45, 2.75) is 19.0 Å². The first-order valence-corrected chi connectivity index (χ1v) is 9.18. The van der Waals surface area contributed by atoms with Gasteiger partial charge in [0.15, 0.2) is 0 Å². The molecule has 30 heavy (non-hydrogen) atoms. The summed E-state index contributed by atoms with van der Waals surface area (Å²) in [6.45, 7) is 1.33. The molecule has 0 aliphatic heterocycles. The molecule has 2 N–H and O–H groups in total. The highest BCUT2D eigenvalue weighted by molar-refractivity contribution is 5.87. The molecule has 0 saturated carbocycles. The monoisotopic (exact) mass is 459 g/mol. The molecular weight excluding hydrogens is 429 g/mol. The SMILES string of the molecule is COCCN(CC(=O)N(C)C)C(=O)[C@@H](N)Cc1cn(Cc2ccccc2)cn1.Cl.Cl. The fourth-order valence-corrected chi connectivity index (χ4v) is 2.71. The highest BCUT2D eigenvalue weighted by Gasteiger charge is 2.24. The van der Waals surface area contributed by atoms with Gasteiger partial charge in [-0.1, -0.05) is 30.3 Å². The molecule has 10 heteroatoms. The summed E-state index contributed by atoms with van der Waals surface area (Å²) < 4.78 is 7.01. The van der Waals surface area contributed by atoms with E-state index in [0.29, 0.717) is 26.1 Å². The molecule has 0 bridgehead atoms. The Kier molecular flexibility index (Phi) is 13.0. The summed E-state index contributed by atoms with van der Waals surface area (Å²) in [4.78, 5) is 32.0. The van der Waals surface area contributed by atoms with Crippen molar-refractivity contribution < 1.29 is 14.3 Å². The average Bonchev–Trinajstić information content (AvgIpc) is 3.11. The number of hydrogen-bond acceptors (Lipinski definition) is 5. The lowest BCUT2D eigenvalue weighted by molar-refractivity contribution is -0.140. The zero-order valence-electron chi connectivity index (χ0n) is 17.6. The molecule has 0 aliphatic carbocycles. The number of nitrogens with zero attached hydrogens (tertiary/aromatic N) is 4. The van der Waals surface area contributed by atoms with Crippen molar-refractivity contribution in [1.29, 1.82) is 0 Å². The molecule has 0 aliphatic rings. The van der Waals surface area contributed by atoms with Crippen molar-refractivity contribution in [2.24, 2.45) is 5.73 Å². The third kappa shape index (κ3) is 8.71. The molecule has 0 saturated heterocycles. The lowest BCUT2D eigenvalue weighted by atomic mass is 10.1. The second-order valence-corrected chi connectivity index (χ2v) is 6.87. The molecule has 1 atom stereocenters. The molecule has 0 fully saturated rings. The van der Waals surface area contributed by atoms with Crippen LogP contribution in [0.15, 0.2) is 42.9 Å². The molecule has 1 aromatic heterocycles. The van der Waals surface area contributed by atoms with Crippen LogP contribution in [-0.4, -0.2) is 78.1 Å². The van der Waals surface area contributed by atoms with Crippen LogP contribution in [0, 0.1) is 0 Å². The molecule has 0 unspecified atom stereocenters. The van der Waals surface area contributed by atoms with E-state index >= 15 is 0 Å². The van der Waals surface area contributed by atoms with Gasteiger partial charge < -0.3 is 24.8 Å². The molecule has 2 amide bonds. The Hall–Kier alpha value is -2.13. The van der Waals surface area contributed by atoms with Crippen LogP contribution >= 0.6 is 24.8 Å². The number of carbonyl (C=O) groups excluding carboxylic acids is 2. The zero-order chi connectivity index (χ0) is 20.5. The highest BCUT2D eigenvalue weighted by Crippen LogP contribution is 2.07. The quantitative estimate of drug-likeness (QED) is 0.575. The van der Waals surface area contributed by atoms with E-state index in [1.54, 1.807) is 27.5 Å². The number of halogens is 2. The summed E-state index contributed by atoms with van der Waals surface area (Å²) in [6.07, 6.45) is 3.93. The van der Waals surface area contributed by atoms with Crippen molar-refractivity contribution in [3.8, 4) is 0 Å². The molecule has 1 aromatic carbocycles. The van der Waals surface area contributed by atoms with Gasteiger partial charge in [-0.3, -0.25) is 9.59 Å². The number of carbonyl (C=O) groups is 2. The molecule has 0 spiro atoms. The molecule has 2 rings (SSSR count). The van der Waals surface area contributed by atoms with E-state index < -0.39 is 6.04 Å². The molecule has 2 aromatic rings. The van der Waals surface area contributed by atoms with Crippen molar-refractivity contribution in [3.05, 3.63) is 54.1 Å². The topological polar surface area (TPSA) is 93.7 Å². The van der Waals surface area contributed by atoms with Gasteiger partial charge in [0.2, 0.25) is 11.8 Å². The molecule has 8 nitrogen and oxygen atoms in total. The highest BCUT2D eigenvalue weighted by atomic mass is 35.5. The van der Waals surface area contributed by atoms with Crippen molar-refractivity contribution in [3.63, 3.8) is 0 Å². The number of amides is 2. The number of ether oxygens (including phenoxy) is 1. The average molecular weight is 460 g/mol. The second-order valence-electron chi connectivity index (χ2n) is 6.87. The summed E-state index contributed by atoms with van der Waals surface area (Å²) in [7, 11) is 4.86. The molecular formula is C20H31Cl2N5O3. The predicted octanol–water partition coefficient (Wildman–Crippen LogP) is 1.21. The van der Waals surface area contributed by atoms with E-state index in [2.05, 4.69) is 4.98 Å². The second kappa shape index (κ2) is 14.0. The minimum Gasteiger partial charge on any atom is -0.383 e. The fraction of sp³-hybridized carbons (Fsp3) is 0.450. The Balaban J connectivity index is 0.00000420. The number of likely N-dealkylation sites (N-methyl/N-ethyl adjacent to an activating group) is 1. The van der Waals surface area contributed by atoms with Gasteiger partial charge in [0.1, 0.15) is 0 Å². The van der Waals surface area contributed by atoms with Crippen LogP contribution in [-0.2, 0) is 27.3 Å². The van der Waals surface area contributed by atoms with Gasteiger partial charge in [0.25, 0.3) is 0 Å². The Bertz CT molecular complexity index is 771. The normalized spacial score (nSPS) is 11.1. The van der Waals surface area contributed by atoms with Crippen LogP contribution in [0.25, 0.3) is 0 Å². The van der Waals surface area contributed by atoms with Crippen molar-refractivity contribution in [1.82, 2.24) is 19.4 Å². The maximum absolute atomic E-state index is 12.7. The predicted molar refractivity (Wildman–Crippen MR) is 121 cm³/mol. The third-order valence-corrected chi connectivity index (χ3v) is 4.34. The van der Waals surface area contributed by atoms with E-state index in [-0.39, 0.29) is 43.2 Å². The number of methoxy groups -OCH3 is 1. The molecule has 1 heterocycles. The first-order valence-electron chi connectivity index (χ1n) is 9.18. The van der Waals surface area contributed by atoms with Crippen molar-refractivity contribution in [2.75, 3.05) is 40.9 Å². The fourth-order valence-electron chi connectivity index (χ4n) is 2.71.